The van der Waals surface area contributed by atoms with E-state index in [9.17, 15) is 0 Å². The van der Waals surface area contributed by atoms with Crippen LogP contribution in [0.5, 0.6) is 0 Å². The Kier molecular flexibility index (Phi) is 7.24. The van der Waals surface area contributed by atoms with Gasteiger partial charge in [-0.05, 0) is 36.1 Å². The Bertz CT molecular complexity index is 906. The van der Waals surface area contributed by atoms with E-state index in [0.717, 1.165) is 36.9 Å². The van der Waals surface area contributed by atoms with Crippen LogP contribution in [-0.4, -0.2) is 55.3 Å². The molecular weight excluding hydrogens is 479 g/mol. The monoisotopic (exact) mass is 506 g/mol. The number of pyridine rings is 1. The van der Waals surface area contributed by atoms with Gasteiger partial charge in [0.25, 0.3) is 0 Å². The zero-order valence-corrected chi connectivity index (χ0v) is 19.0. The number of hydrogen-bond acceptors (Lipinski definition) is 4. The number of hydrogen-bond donors (Lipinski definition) is 1. The van der Waals surface area contributed by atoms with Gasteiger partial charge in [0, 0.05) is 57.7 Å². The summed E-state index contributed by atoms with van der Waals surface area (Å²) >= 11 is 0. The quantitative estimate of drug-likeness (QED) is 0.335. The van der Waals surface area contributed by atoms with Gasteiger partial charge in [-0.25, -0.2) is 14.6 Å². The van der Waals surface area contributed by atoms with Crippen LogP contribution >= 0.6 is 24.0 Å². The van der Waals surface area contributed by atoms with Gasteiger partial charge in [0.1, 0.15) is 0 Å². The molecule has 4 rings (SSSR count). The molecule has 29 heavy (non-hydrogen) atoms. The summed E-state index contributed by atoms with van der Waals surface area (Å²) in [7, 11) is 1.84. The molecule has 0 saturated carbocycles. The molecule has 1 fully saturated rings. The maximum absolute atomic E-state index is 4.51. The molecule has 1 N–H and O–H groups in total. The van der Waals surface area contributed by atoms with E-state index in [4.69, 9.17) is 0 Å². The Labute approximate surface area is 188 Å². The highest BCUT2D eigenvalue weighted by Crippen LogP contribution is 2.27. The number of aromatic nitrogens is 5. The van der Waals surface area contributed by atoms with Gasteiger partial charge in [0.05, 0.1) is 12.4 Å². The SMILES string of the molecule is CN=C(NCc1ccnc(-n2cccn2)c1)N1CCC(C)C(n2ccnc2)C1.I. The first-order valence-electron chi connectivity index (χ1n) is 9.62. The summed E-state index contributed by atoms with van der Waals surface area (Å²) in [6.45, 7) is 4.92. The van der Waals surface area contributed by atoms with Crippen molar-refractivity contribution in [2.45, 2.75) is 25.9 Å². The molecule has 0 radical (unpaired) electrons. The smallest absolute Gasteiger partial charge is 0.193 e. The predicted octanol–water partition coefficient (Wildman–Crippen LogP) is 2.74. The first-order chi connectivity index (χ1) is 13.7. The molecular formula is C20H27IN8. The van der Waals surface area contributed by atoms with E-state index in [1.54, 1.807) is 10.9 Å². The lowest BCUT2D eigenvalue weighted by molar-refractivity contribution is 0.189. The molecule has 9 heteroatoms. The fourth-order valence-corrected chi connectivity index (χ4v) is 3.71. The van der Waals surface area contributed by atoms with Crippen LogP contribution in [0.2, 0.25) is 0 Å². The van der Waals surface area contributed by atoms with E-state index in [1.165, 1.54) is 0 Å². The molecule has 4 heterocycles. The van der Waals surface area contributed by atoms with E-state index >= 15 is 0 Å². The minimum absolute atomic E-state index is 0. The van der Waals surface area contributed by atoms with E-state index in [-0.39, 0.29) is 24.0 Å². The number of likely N-dealkylation sites (tertiary alicyclic amines) is 1. The Morgan fingerprint density at radius 3 is 2.90 bits per heavy atom. The molecule has 1 aliphatic heterocycles. The number of aliphatic imine (C=N–C) groups is 1. The molecule has 0 bridgehead atoms. The third-order valence-electron chi connectivity index (χ3n) is 5.34. The first-order valence-corrected chi connectivity index (χ1v) is 9.62. The van der Waals surface area contributed by atoms with Crippen molar-refractivity contribution in [1.29, 1.82) is 0 Å². The summed E-state index contributed by atoms with van der Waals surface area (Å²) in [6, 6.07) is 6.35. The van der Waals surface area contributed by atoms with Crippen molar-refractivity contribution in [3.8, 4) is 5.82 Å². The van der Waals surface area contributed by atoms with Crippen molar-refractivity contribution >= 4 is 29.9 Å². The number of halogens is 1. The second-order valence-electron chi connectivity index (χ2n) is 7.16. The maximum Gasteiger partial charge on any atom is 0.193 e. The van der Waals surface area contributed by atoms with Gasteiger partial charge < -0.3 is 14.8 Å². The molecule has 1 saturated heterocycles. The fourth-order valence-electron chi connectivity index (χ4n) is 3.71. The standard InChI is InChI=1S/C20H26N8.HI/c1-16-5-10-26(14-18(16)27-11-8-22-15-27)20(21-2)24-13-17-4-7-23-19(12-17)28-9-3-6-25-28;/h3-4,6-9,11-12,15-16,18H,5,10,13-14H2,1-2H3,(H,21,24);1H. The molecule has 0 aliphatic carbocycles. The highest BCUT2D eigenvalue weighted by molar-refractivity contribution is 14.0. The van der Waals surface area contributed by atoms with Gasteiger partial charge in [-0.15, -0.1) is 24.0 Å². The van der Waals surface area contributed by atoms with Gasteiger partial charge in [0.15, 0.2) is 11.8 Å². The predicted molar refractivity (Wildman–Crippen MR) is 124 cm³/mol. The van der Waals surface area contributed by atoms with Crippen molar-refractivity contribution in [3.63, 3.8) is 0 Å². The summed E-state index contributed by atoms with van der Waals surface area (Å²) in [5.74, 6) is 2.35. The highest BCUT2D eigenvalue weighted by Gasteiger charge is 2.28. The summed E-state index contributed by atoms with van der Waals surface area (Å²) in [4.78, 5) is 15.4. The lowest BCUT2D eigenvalue weighted by Crippen LogP contribution is -2.48. The van der Waals surface area contributed by atoms with Crippen LogP contribution in [0.15, 0.2) is 60.5 Å². The Morgan fingerprint density at radius 1 is 1.28 bits per heavy atom. The van der Waals surface area contributed by atoms with Crippen LogP contribution in [0, 0.1) is 5.92 Å². The van der Waals surface area contributed by atoms with Crippen LogP contribution in [0.3, 0.4) is 0 Å². The van der Waals surface area contributed by atoms with E-state index in [1.807, 2.05) is 50.2 Å². The van der Waals surface area contributed by atoms with E-state index in [2.05, 4.69) is 48.0 Å². The molecule has 2 unspecified atom stereocenters. The second kappa shape index (κ2) is 9.86. The fraction of sp³-hybridized carbons (Fsp3) is 0.400. The topological polar surface area (TPSA) is 76.2 Å². The first kappa shape index (κ1) is 21.3. The number of imidazole rings is 1. The van der Waals surface area contributed by atoms with Crippen molar-refractivity contribution in [2.75, 3.05) is 20.1 Å². The van der Waals surface area contributed by atoms with Crippen molar-refractivity contribution in [1.82, 2.24) is 34.5 Å². The molecule has 154 valence electrons. The summed E-state index contributed by atoms with van der Waals surface area (Å²) in [6.07, 6.45) is 12.4. The molecule has 2 atom stereocenters. The van der Waals surface area contributed by atoms with Gasteiger partial charge in [-0.1, -0.05) is 6.92 Å². The second-order valence-corrected chi connectivity index (χ2v) is 7.16. The number of rotatable bonds is 4. The van der Waals surface area contributed by atoms with Gasteiger partial charge in [-0.3, -0.25) is 4.99 Å². The molecule has 3 aromatic heterocycles. The van der Waals surface area contributed by atoms with Crippen molar-refractivity contribution in [2.24, 2.45) is 10.9 Å². The van der Waals surface area contributed by atoms with Crippen LogP contribution < -0.4 is 5.32 Å². The number of nitrogens with one attached hydrogen (secondary N) is 1. The lowest BCUT2D eigenvalue weighted by Gasteiger charge is -2.39. The molecule has 1 aliphatic rings. The van der Waals surface area contributed by atoms with Gasteiger partial charge in [-0.2, -0.15) is 5.10 Å². The Hall–Kier alpha value is -2.43. The molecule has 3 aromatic rings. The van der Waals surface area contributed by atoms with Crippen LogP contribution in [0.25, 0.3) is 5.82 Å². The van der Waals surface area contributed by atoms with Crippen LogP contribution in [-0.2, 0) is 6.54 Å². The van der Waals surface area contributed by atoms with Crippen LogP contribution in [0.4, 0.5) is 0 Å². The number of guanidine groups is 1. The van der Waals surface area contributed by atoms with Crippen molar-refractivity contribution in [3.05, 3.63) is 61.1 Å². The average Bonchev–Trinajstić information content (AvgIpc) is 3.44. The normalized spacial score (nSPS) is 19.7. The molecule has 0 aromatic carbocycles. The van der Waals surface area contributed by atoms with E-state index < -0.39 is 0 Å². The minimum Gasteiger partial charge on any atom is -0.352 e. The Morgan fingerprint density at radius 2 is 2.17 bits per heavy atom. The largest absolute Gasteiger partial charge is 0.352 e. The summed E-state index contributed by atoms with van der Waals surface area (Å²) in [5, 5.41) is 7.75. The third kappa shape index (κ3) is 4.95. The average molecular weight is 506 g/mol. The molecule has 8 nitrogen and oxygen atoms in total. The highest BCUT2D eigenvalue weighted by atomic mass is 127. The maximum atomic E-state index is 4.51. The van der Waals surface area contributed by atoms with E-state index in [0.29, 0.717) is 18.5 Å². The molecule has 0 spiro atoms. The van der Waals surface area contributed by atoms with Crippen LogP contribution in [0.1, 0.15) is 24.9 Å². The lowest BCUT2D eigenvalue weighted by atomic mass is 9.93. The van der Waals surface area contributed by atoms with Gasteiger partial charge >= 0.3 is 0 Å². The third-order valence-corrected chi connectivity index (χ3v) is 5.34. The number of piperidine rings is 1. The Balaban J connectivity index is 0.00000240. The minimum atomic E-state index is 0. The van der Waals surface area contributed by atoms with Gasteiger partial charge in [0.2, 0.25) is 0 Å². The summed E-state index contributed by atoms with van der Waals surface area (Å²) in [5.41, 5.74) is 1.14. The van der Waals surface area contributed by atoms with Crippen molar-refractivity contribution < 1.29 is 0 Å². The number of nitrogens with zero attached hydrogens (tertiary/aromatic N) is 7. The summed E-state index contributed by atoms with van der Waals surface area (Å²) < 4.78 is 3.98. The zero-order valence-electron chi connectivity index (χ0n) is 16.7. The molecule has 0 amide bonds. The zero-order chi connectivity index (χ0) is 19.3.